The first kappa shape index (κ1) is 12.4. The first-order valence-electron chi connectivity index (χ1n) is 5.00. The van der Waals surface area contributed by atoms with Crippen molar-refractivity contribution in [2.75, 3.05) is 6.54 Å². The van der Waals surface area contributed by atoms with Crippen LogP contribution in [0.5, 0.6) is 0 Å². The maximum absolute atomic E-state index is 11.9. The topological polar surface area (TPSA) is 79.3 Å². The van der Waals surface area contributed by atoms with E-state index in [0.717, 1.165) is 4.70 Å². The van der Waals surface area contributed by atoms with Gasteiger partial charge in [-0.25, -0.2) is 18.1 Å². The second kappa shape index (κ2) is 4.69. The third kappa shape index (κ3) is 2.81. The van der Waals surface area contributed by atoms with Crippen LogP contribution in [0.2, 0.25) is 0 Å². The third-order valence-corrected chi connectivity index (χ3v) is 4.41. The van der Waals surface area contributed by atoms with Crippen LogP contribution in [0.25, 0.3) is 10.2 Å². The number of aliphatic hydroxyl groups excluding tert-OH is 1. The number of thiazole rings is 1. The van der Waals surface area contributed by atoms with E-state index in [9.17, 15) is 8.42 Å². The molecule has 1 atom stereocenters. The van der Waals surface area contributed by atoms with Gasteiger partial charge in [0.05, 0.1) is 26.7 Å². The van der Waals surface area contributed by atoms with Crippen LogP contribution in [-0.2, 0) is 10.0 Å². The zero-order valence-electron chi connectivity index (χ0n) is 9.12. The lowest BCUT2D eigenvalue weighted by Crippen LogP contribution is -2.30. The predicted octanol–water partition coefficient (Wildman–Crippen LogP) is 0.955. The van der Waals surface area contributed by atoms with Gasteiger partial charge in [-0.15, -0.1) is 11.3 Å². The second-order valence-corrected chi connectivity index (χ2v) is 6.34. The summed E-state index contributed by atoms with van der Waals surface area (Å²) in [7, 11) is -3.57. The lowest BCUT2D eigenvalue weighted by Gasteiger charge is -2.08. The number of rotatable bonds is 4. The molecule has 1 aromatic carbocycles. The zero-order valence-corrected chi connectivity index (χ0v) is 10.8. The highest BCUT2D eigenvalue weighted by Gasteiger charge is 2.15. The molecule has 2 rings (SSSR count). The first-order valence-corrected chi connectivity index (χ1v) is 7.36. The highest BCUT2D eigenvalue weighted by molar-refractivity contribution is 7.89. The van der Waals surface area contributed by atoms with Crippen LogP contribution >= 0.6 is 11.3 Å². The summed E-state index contributed by atoms with van der Waals surface area (Å²) in [5.74, 6) is 0. The van der Waals surface area contributed by atoms with E-state index in [1.54, 1.807) is 11.6 Å². The minimum absolute atomic E-state index is 0.00254. The molecule has 0 spiro atoms. The Morgan fingerprint density at radius 2 is 2.29 bits per heavy atom. The number of nitrogens with one attached hydrogen (secondary N) is 1. The fraction of sp³-hybridized carbons (Fsp3) is 0.300. The average molecular weight is 272 g/mol. The SMILES string of the molecule is C[C@@H](O)CNS(=O)(=O)c1ccc2scnc2c1. The van der Waals surface area contributed by atoms with E-state index >= 15 is 0 Å². The van der Waals surface area contributed by atoms with Crippen LogP contribution in [0, 0.1) is 0 Å². The fourth-order valence-corrected chi connectivity index (χ4v) is 3.12. The van der Waals surface area contributed by atoms with Crippen molar-refractivity contribution < 1.29 is 13.5 Å². The Morgan fingerprint density at radius 1 is 1.53 bits per heavy atom. The minimum Gasteiger partial charge on any atom is -0.392 e. The van der Waals surface area contributed by atoms with Gasteiger partial charge in [0.1, 0.15) is 0 Å². The van der Waals surface area contributed by atoms with Crippen molar-refractivity contribution >= 4 is 31.6 Å². The molecular weight excluding hydrogens is 260 g/mol. The Morgan fingerprint density at radius 3 is 3.00 bits per heavy atom. The average Bonchev–Trinajstić information content (AvgIpc) is 2.73. The number of fused-ring (bicyclic) bond motifs is 1. The molecule has 0 unspecified atom stereocenters. The van der Waals surface area contributed by atoms with Crippen molar-refractivity contribution in [2.45, 2.75) is 17.9 Å². The fourth-order valence-electron chi connectivity index (χ4n) is 1.32. The van der Waals surface area contributed by atoms with Crippen molar-refractivity contribution in [3.63, 3.8) is 0 Å². The summed E-state index contributed by atoms with van der Waals surface area (Å²) >= 11 is 1.46. The Labute approximate surface area is 103 Å². The van der Waals surface area contributed by atoms with Gasteiger partial charge in [-0.3, -0.25) is 0 Å². The summed E-state index contributed by atoms with van der Waals surface area (Å²) in [6.07, 6.45) is -0.715. The largest absolute Gasteiger partial charge is 0.392 e. The van der Waals surface area contributed by atoms with E-state index in [-0.39, 0.29) is 11.4 Å². The first-order chi connectivity index (χ1) is 7.99. The molecule has 0 amide bonds. The lowest BCUT2D eigenvalue weighted by molar-refractivity contribution is 0.198. The summed E-state index contributed by atoms with van der Waals surface area (Å²) in [4.78, 5) is 4.23. The molecular formula is C10H12N2O3S2. The van der Waals surface area contributed by atoms with Crippen molar-refractivity contribution in [1.29, 1.82) is 0 Å². The van der Waals surface area contributed by atoms with Gasteiger partial charge in [0.25, 0.3) is 0 Å². The van der Waals surface area contributed by atoms with Gasteiger partial charge in [0.15, 0.2) is 0 Å². The van der Waals surface area contributed by atoms with Crippen LogP contribution in [0.3, 0.4) is 0 Å². The van der Waals surface area contributed by atoms with Gasteiger partial charge < -0.3 is 5.11 Å². The third-order valence-electron chi connectivity index (χ3n) is 2.18. The number of hydrogen-bond acceptors (Lipinski definition) is 5. The van der Waals surface area contributed by atoms with Gasteiger partial charge in [-0.1, -0.05) is 0 Å². The molecule has 0 saturated carbocycles. The van der Waals surface area contributed by atoms with E-state index in [4.69, 9.17) is 5.11 Å². The summed E-state index contributed by atoms with van der Waals surface area (Å²) < 4.78 is 27.0. The van der Waals surface area contributed by atoms with Crippen molar-refractivity contribution in [1.82, 2.24) is 9.71 Å². The van der Waals surface area contributed by atoms with E-state index in [0.29, 0.717) is 5.52 Å². The summed E-state index contributed by atoms with van der Waals surface area (Å²) in [5, 5.41) is 9.06. The van der Waals surface area contributed by atoms with Crippen LogP contribution in [0.15, 0.2) is 28.6 Å². The molecule has 92 valence electrons. The number of aromatic nitrogens is 1. The summed E-state index contributed by atoms with van der Waals surface area (Å²) in [5.41, 5.74) is 2.33. The van der Waals surface area contributed by atoms with Gasteiger partial charge in [-0.05, 0) is 25.1 Å². The molecule has 17 heavy (non-hydrogen) atoms. The van der Waals surface area contributed by atoms with Gasteiger partial charge in [0, 0.05) is 6.54 Å². The van der Waals surface area contributed by atoms with E-state index in [1.165, 1.54) is 30.4 Å². The lowest BCUT2D eigenvalue weighted by atomic mass is 10.3. The number of sulfonamides is 1. The molecule has 2 aromatic rings. The quantitative estimate of drug-likeness (QED) is 0.868. The van der Waals surface area contributed by atoms with E-state index in [2.05, 4.69) is 9.71 Å². The van der Waals surface area contributed by atoms with E-state index in [1.807, 2.05) is 0 Å². The maximum Gasteiger partial charge on any atom is 0.240 e. The van der Waals surface area contributed by atoms with Crippen molar-refractivity contribution in [3.05, 3.63) is 23.7 Å². The highest BCUT2D eigenvalue weighted by atomic mass is 32.2. The molecule has 0 aliphatic heterocycles. The molecule has 0 radical (unpaired) electrons. The molecule has 2 N–H and O–H groups in total. The molecule has 0 fully saturated rings. The predicted molar refractivity (Wildman–Crippen MR) is 66.5 cm³/mol. The molecule has 7 heteroatoms. The van der Waals surface area contributed by atoms with E-state index < -0.39 is 16.1 Å². The van der Waals surface area contributed by atoms with Crippen molar-refractivity contribution in [2.24, 2.45) is 0 Å². The standard InChI is InChI=1S/C10H12N2O3S2/c1-7(13)5-12-17(14,15)8-2-3-10-9(4-8)11-6-16-10/h2-4,6-7,12-13H,5H2,1H3/t7-/m1/s1. The van der Waals surface area contributed by atoms with Crippen LogP contribution < -0.4 is 4.72 Å². The maximum atomic E-state index is 11.9. The molecule has 5 nitrogen and oxygen atoms in total. The molecule has 1 heterocycles. The second-order valence-electron chi connectivity index (χ2n) is 3.68. The summed E-state index contributed by atoms with van der Waals surface area (Å²) in [6, 6.07) is 4.78. The van der Waals surface area contributed by atoms with Gasteiger partial charge >= 0.3 is 0 Å². The highest BCUT2D eigenvalue weighted by Crippen LogP contribution is 2.21. The molecule has 0 aliphatic carbocycles. The normalized spacial score (nSPS) is 14.0. The smallest absolute Gasteiger partial charge is 0.240 e. The summed E-state index contributed by atoms with van der Waals surface area (Å²) in [6.45, 7) is 1.52. The van der Waals surface area contributed by atoms with Crippen molar-refractivity contribution in [3.8, 4) is 0 Å². The Kier molecular flexibility index (Phi) is 3.43. The van der Waals surface area contributed by atoms with Gasteiger partial charge in [0.2, 0.25) is 10.0 Å². The number of aliphatic hydroxyl groups is 1. The minimum atomic E-state index is -3.57. The Bertz CT molecular complexity index is 619. The number of nitrogens with zero attached hydrogens (tertiary/aromatic N) is 1. The molecule has 0 aliphatic rings. The Balaban J connectivity index is 2.31. The van der Waals surface area contributed by atoms with Crippen LogP contribution in [-0.4, -0.2) is 31.2 Å². The monoisotopic (exact) mass is 272 g/mol. The van der Waals surface area contributed by atoms with Crippen LogP contribution in [0.4, 0.5) is 0 Å². The molecule has 0 saturated heterocycles. The zero-order chi connectivity index (χ0) is 12.5. The Hall–Kier alpha value is -1.02. The van der Waals surface area contributed by atoms with Crippen LogP contribution in [0.1, 0.15) is 6.92 Å². The molecule has 1 aromatic heterocycles. The molecule has 0 bridgehead atoms. The number of hydrogen-bond donors (Lipinski definition) is 2. The van der Waals surface area contributed by atoms with Gasteiger partial charge in [-0.2, -0.15) is 0 Å². The number of benzene rings is 1.